The van der Waals surface area contributed by atoms with Crippen LogP contribution >= 0.6 is 0 Å². The first-order valence-electron chi connectivity index (χ1n) is 5.96. The number of ether oxygens (including phenoxy) is 2. The summed E-state index contributed by atoms with van der Waals surface area (Å²) in [5.41, 5.74) is 0.653. The van der Waals surface area contributed by atoms with Gasteiger partial charge in [0.2, 0.25) is 0 Å². The summed E-state index contributed by atoms with van der Waals surface area (Å²) in [5, 5.41) is 9.91. The van der Waals surface area contributed by atoms with Crippen molar-refractivity contribution in [3.05, 3.63) is 30.2 Å². The summed E-state index contributed by atoms with van der Waals surface area (Å²) in [6, 6.07) is 5.54. The van der Waals surface area contributed by atoms with Crippen molar-refractivity contribution in [2.75, 3.05) is 14.2 Å². The largest absolute Gasteiger partial charge is 0.497 e. The van der Waals surface area contributed by atoms with E-state index in [0.717, 1.165) is 17.0 Å². The van der Waals surface area contributed by atoms with Crippen molar-refractivity contribution in [1.29, 1.82) is 0 Å². The Morgan fingerprint density at radius 3 is 2.47 bits per heavy atom. The fourth-order valence-electron chi connectivity index (χ4n) is 1.79. The van der Waals surface area contributed by atoms with Crippen molar-refractivity contribution in [2.24, 2.45) is 0 Å². The minimum absolute atomic E-state index is 0.514. The molecule has 0 radical (unpaired) electrons. The Morgan fingerprint density at radius 1 is 1.21 bits per heavy atom. The Labute approximate surface area is 112 Å². The quantitative estimate of drug-likeness (QED) is 0.887. The van der Waals surface area contributed by atoms with Crippen molar-refractivity contribution in [2.45, 2.75) is 19.4 Å². The number of hydrogen-bond acceptors (Lipinski definition) is 4. The molecule has 2 N–H and O–H groups in total. The van der Waals surface area contributed by atoms with Crippen molar-refractivity contribution in [3.8, 4) is 22.8 Å². The summed E-state index contributed by atoms with van der Waals surface area (Å²) in [5.74, 6) is 1.92. The van der Waals surface area contributed by atoms with Gasteiger partial charge in [-0.05, 0) is 26.0 Å². The first-order valence-corrected chi connectivity index (χ1v) is 5.96. The maximum Gasteiger partial charge on any atom is 0.138 e. The second-order valence-corrected chi connectivity index (χ2v) is 4.77. The first kappa shape index (κ1) is 13.4. The molecule has 5 nitrogen and oxygen atoms in total. The van der Waals surface area contributed by atoms with Gasteiger partial charge in [-0.2, -0.15) is 0 Å². The van der Waals surface area contributed by atoms with Crippen LogP contribution in [0.3, 0.4) is 0 Å². The van der Waals surface area contributed by atoms with E-state index in [-0.39, 0.29) is 0 Å². The number of rotatable bonds is 4. The van der Waals surface area contributed by atoms with Crippen molar-refractivity contribution >= 4 is 0 Å². The molecule has 0 spiro atoms. The smallest absolute Gasteiger partial charge is 0.138 e. The molecule has 0 bridgehead atoms. The lowest BCUT2D eigenvalue weighted by Crippen LogP contribution is -2.17. The van der Waals surface area contributed by atoms with Gasteiger partial charge in [0, 0.05) is 11.6 Å². The second-order valence-electron chi connectivity index (χ2n) is 4.77. The number of aromatic amines is 1. The summed E-state index contributed by atoms with van der Waals surface area (Å²) in [4.78, 5) is 7.29. The van der Waals surface area contributed by atoms with Crippen LogP contribution in [-0.2, 0) is 5.60 Å². The highest BCUT2D eigenvalue weighted by atomic mass is 16.5. The normalized spacial score (nSPS) is 11.4. The molecule has 0 amide bonds. The third-order valence-corrected chi connectivity index (χ3v) is 2.85. The molecular formula is C14H18N2O3. The number of methoxy groups -OCH3 is 2. The monoisotopic (exact) mass is 262 g/mol. The van der Waals surface area contributed by atoms with E-state index in [4.69, 9.17) is 9.47 Å². The number of nitrogens with zero attached hydrogens (tertiary/aromatic N) is 1. The fourth-order valence-corrected chi connectivity index (χ4v) is 1.79. The predicted octanol–water partition coefficient (Wildman–Crippen LogP) is 2.32. The van der Waals surface area contributed by atoms with E-state index in [1.165, 1.54) is 0 Å². The van der Waals surface area contributed by atoms with Crippen LogP contribution in [0.2, 0.25) is 0 Å². The average molecular weight is 262 g/mol. The highest BCUT2D eigenvalue weighted by molar-refractivity contribution is 5.68. The van der Waals surface area contributed by atoms with Crippen LogP contribution in [0, 0.1) is 0 Å². The fraction of sp³-hybridized carbons (Fsp3) is 0.357. The summed E-state index contributed by atoms with van der Waals surface area (Å²) in [6.45, 7) is 3.36. The molecule has 0 atom stereocenters. The Bertz CT molecular complexity index is 570. The maximum absolute atomic E-state index is 9.91. The minimum Gasteiger partial charge on any atom is -0.497 e. The van der Waals surface area contributed by atoms with E-state index < -0.39 is 5.60 Å². The Balaban J connectivity index is 2.44. The van der Waals surface area contributed by atoms with Gasteiger partial charge in [0.15, 0.2) is 0 Å². The predicted molar refractivity (Wildman–Crippen MR) is 72.4 cm³/mol. The summed E-state index contributed by atoms with van der Waals surface area (Å²) >= 11 is 0. The lowest BCUT2D eigenvalue weighted by atomic mass is 10.1. The van der Waals surface area contributed by atoms with Crippen LogP contribution in [0.5, 0.6) is 11.5 Å². The molecule has 102 valence electrons. The number of aliphatic hydroxyl groups is 1. The molecule has 1 aromatic heterocycles. The lowest BCUT2D eigenvalue weighted by molar-refractivity contribution is 0.0697. The zero-order chi connectivity index (χ0) is 14.0. The third kappa shape index (κ3) is 2.71. The van der Waals surface area contributed by atoms with E-state index in [2.05, 4.69) is 9.97 Å². The zero-order valence-corrected chi connectivity index (χ0v) is 11.5. The molecule has 5 heteroatoms. The number of imidazole rings is 1. The molecule has 0 saturated heterocycles. The van der Waals surface area contributed by atoms with Gasteiger partial charge in [-0.15, -0.1) is 0 Å². The maximum atomic E-state index is 9.91. The lowest BCUT2D eigenvalue weighted by Gasteiger charge is -2.13. The van der Waals surface area contributed by atoms with Crippen molar-refractivity contribution in [3.63, 3.8) is 0 Å². The first-order chi connectivity index (χ1) is 8.95. The Morgan fingerprint density at radius 2 is 1.95 bits per heavy atom. The molecule has 1 heterocycles. The number of nitrogens with one attached hydrogen (secondary N) is 1. The van der Waals surface area contributed by atoms with Gasteiger partial charge >= 0.3 is 0 Å². The average Bonchev–Trinajstić information content (AvgIpc) is 2.87. The standard InChI is InChI=1S/C14H18N2O3/c1-14(2,17)13-15-8-11(16-13)10-6-5-9(18-3)7-12(10)19-4/h5-8,17H,1-4H3,(H,15,16). The van der Waals surface area contributed by atoms with Crippen LogP contribution in [0.25, 0.3) is 11.3 Å². The molecule has 0 unspecified atom stereocenters. The number of benzene rings is 1. The minimum atomic E-state index is -1.00. The van der Waals surface area contributed by atoms with Crippen molar-refractivity contribution in [1.82, 2.24) is 9.97 Å². The topological polar surface area (TPSA) is 67.4 Å². The molecule has 19 heavy (non-hydrogen) atoms. The summed E-state index contributed by atoms with van der Waals surface area (Å²) in [6.07, 6.45) is 1.68. The number of hydrogen-bond donors (Lipinski definition) is 2. The van der Waals surface area contributed by atoms with Gasteiger partial charge in [-0.3, -0.25) is 0 Å². The van der Waals surface area contributed by atoms with E-state index in [0.29, 0.717) is 11.6 Å². The molecule has 0 aliphatic rings. The van der Waals surface area contributed by atoms with Gasteiger partial charge in [-0.25, -0.2) is 4.98 Å². The highest BCUT2D eigenvalue weighted by Crippen LogP contribution is 2.33. The molecule has 0 aliphatic carbocycles. The van der Waals surface area contributed by atoms with E-state index in [1.807, 2.05) is 12.1 Å². The van der Waals surface area contributed by atoms with Crippen LogP contribution in [0.15, 0.2) is 24.4 Å². The Hall–Kier alpha value is -2.01. The molecule has 1 aromatic carbocycles. The third-order valence-electron chi connectivity index (χ3n) is 2.85. The summed E-state index contributed by atoms with van der Waals surface area (Å²) in [7, 11) is 3.21. The van der Waals surface area contributed by atoms with Crippen LogP contribution in [0.1, 0.15) is 19.7 Å². The van der Waals surface area contributed by atoms with Crippen molar-refractivity contribution < 1.29 is 14.6 Å². The van der Waals surface area contributed by atoms with Gasteiger partial charge in [0.25, 0.3) is 0 Å². The highest BCUT2D eigenvalue weighted by Gasteiger charge is 2.20. The van der Waals surface area contributed by atoms with Crippen LogP contribution in [0.4, 0.5) is 0 Å². The molecule has 0 saturated carbocycles. The van der Waals surface area contributed by atoms with E-state index >= 15 is 0 Å². The summed E-state index contributed by atoms with van der Waals surface area (Å²) < 4.78 is 10.5. The Kier molecular flexibility index (Phi) is 3.48. The molecule has 0 fully saturated rings. The SMILES string of the molecule is COc1ccc(-c2cnc(C(C)(C)O)[nH]2)c(OC)c1. The molecule has 0 aliphatic heterocycles. The molecule has 2 aromatic rings. The molecule has 2 rings (SSSR count). The number of aromatic nitrogens is 2. The van der Waals surface area contributed by atoms with Gasteiger partial charge in [-0.1, -0.05) is 0 Å². The van der Waals surface area contributed by atoms with Gasteiger partial charge in [0.1, 0.15) is 22.9 Å². The van der Waals surface area contributed by atoms with Crippen LogP contribution in [-0.4, -0.2) is 29.3 Å². The van der Waals surface area contributed by atoms with Gasteiger partial charge in [0.05, 0.1) is 26.1 Å². The van der Waals surface area contributed by atoms with Crippen LogP contribution < -0.4 is 9.47 Å². The van der Waals surface area contributed by atoms with E-state index in [1.54, 1.807) is 40.3 Å². The van der Waals surface area contributed by atoms with E-state index in [9.17, 15) is 5.11 Å². The van der Waals surface area contributed by atoms with Gasteiger partial charge < -0.3 is 19.6 Å². The number of H-pyrrole nitrogens is 1. The zero-order valence-electron chi connectivity index (χ0n) is 11.5. The molecular weight excluding hydrogens is 244 g/mol. The second kappa shape index (κ2) is 4.93.